The van der Waals surface area contributed by atoms with Gasteiger partial charge in [0.1, 0.15) is 65.3 Å². The van der Waals surface area contributed by atoms with Gasteiger partial charge in [0.15, 0.2) is 0 Å². The summed E-state index contributed by atoms with van der Waals surface area (Å²) in [5.74, 6) is -2.87. The van der Waals surface area contributed by atoms with Crippen molar-refractivity contribution in [2.45, 2.75) is 181 Å². The van der Waals surface area contributed by atoms with E-state index in [2.05, 4.69) is 68.1 Å². The summed E-state index contributed by atoms with van der Waals surface area (Å²) in [6.07, 6.45) is 19.5. The molecule has 2 aromatic carbocycles. The number of benzene rings is 2. The number of nitriles is 2. The smallest absolute Gasteiger partial charge is 0.410 e. The van der Waals surface area contributed by atoms with Crippen molar-refractivity contribution in [2.24, 2.45) is 5.73 Å². The van der Waals surface area contributed by atoms with E-state index in [4.69, 9.17) is 61.4 Å². The summed E-state index contributed by atoms with van der Waals surface area (Å²) < 4.78 is 31.3. The fraction of sp³-hybridized carbons (Fsp3) is 0.419. The van der Waals surface area contributed by atoms with Gasteiger partial charge in [-0.3, -0.25) is 9.59 Å². The van der Waals surface area contributed by atoms with Gasteiger partial charge in [0.05, 0.1) is 66.2 Å². The Morgan fingerprint density at radius 3 is 1.22 bits per heavy atom. The zero-order chi connectivity index (χ0) is 86.2. The van der Waals surface area contributed by atoms with Crippen molar-refractivity contribution in [3.63, 3.8) is 0 Å². The molecule has 4 aliphatic rings. The molecule has 4 saturated heterocycles. The third kappa shape index (κ3) is 25.3. The second-order valence-corrected chi connectivity index (χ2v) is 29.3. The number of fused-ring (bicyclic) bond motifs is 4. The predicted molar refractivity (Wildman–Crippen MR) is 453 cm³/mol. The fourth-order valence-electron chi connectivity index (χ4n) is 13.9. The molecule has 11 N–H and O–H groups in total. The minimum Gasteiger partial charge on any atom is -0.480 e. The first-order chi connectivity index (χ1) is 58.0. The van der Waals surface area contributed by atoms with Crippen LogP contribution in [0.1, 0.15) is 172 Å². The SMILES string of the molecule is CCOC(=O)c1cnc2[nH]ccc2c1Cl.CCOC(=O)c1cnc2[nH]ccc2c1N[C@@H]1CC[C@H](C)N(C(=O)CC#N)C1.CCOC(=O)c1cnc2[nH]ccc2c1N[C@@H]1CC[C@H](C)N(C(=O)OCc2ccccc2)C1.CCOC(=O)c1cnc2[nH]ccc2c1N[C@@H]1CC[C@H](C)NC1.C[C@H]1CC[C@@H](N)CN1C(=O)OCc1ccccc1.N#CCC(=O)O. The number of nitrogens with zero attached hydrogens (tertiary/aromatic N) is 9. The molecule has 10 aromatic rings. The van der Waals surface area contributed by atoms with Crippen LogP contribution in [0.4, 0.5) is 26.7 Å². The van der Waals surface area contributed by atoms with Crippen molar-refractivity contribution in [1.82, 2.24) is 59.9 Å². The van der Waals surface area contributed by atoms with Gasteiger partial charge in [-0.2, -0.15) is 10.5 Å². The number of carbonyl (C=O) groups is 8. The molecule has 120 heavy (non-hydrogen) atoms. The zero-order valence-corrected chi connectivity index (χ0v) is 69.4. The molecule has 14 rings (SSSR count). The molecule has 4 aliphatic heterocycles. The first-order valence-electron chi connectivity index (χ1n) is 40.1. The molecule has 12 heterocycles. The molecule has 4 fully saturated rings. The van der Waals surface area contributed by atoms with Gasteiger partial charge in [-0.1, -0.05) is 72.3 Å². The summed E-state index contributed by atoms with van der Waals surface area (Å²) in [6.45, 7) is 19.6. The number of piperidine rings is 4. The number of likely N-dealkylation sites (tertiary alicyclic amines) is 3. The Bertz CT molecular complexity index is 5150. The molecular weight excluding hydrogens is 1560 g/mol. The number of rotatable bonds is 20. The molecule has 8 aromatic heterocycles. The predicted octanol–water partition coefficient (Wildman–Crippen LogP) is 13.6. The van der Waals surface area contributed by atoms with E-state index in [9.17, 15) is 38.4 Å². The Morgan fingerprint density at radius 1 is 0.467 bits per heavy atom. The number of halogens is 1. The Kier molecular flexibility index (Phi) is 34.7. The Balaban J connectivity index is 0.000000171. The Morgan fingerprint density at radius 2 is 0.825 bits per heavy atom. The van der Waals surface area contributed by atoms with Crippen LogP contribution in [-0.4, -0.2) is 209 Å². The largest absolute Gasteiger partial charge is 0.480 e. The fourth-order valence-corrected chi connectivity index (χ4v) is 14.2. The number of carboxylic acids is 1. The number of anilines is 3. The summed E-state index contributed by atoms with van der Waals surface area (Å²) in [4.78, 5) is 129. The van der Waals surface area contributed by atoms with Crippen LogP contribution in [0.5, 0.6) is 0 Å². The highest BCUT2D eigenvalue weighted by Crippen LogP contribution is 2.34. The second-order valence-electron chi connectivity index (χ2n) is 28.9. The van der Waals surface area contributed by atoms with Crippen molar-refractivity contribution in [2.75, 3.05) is 68.6 Å². The lowest BCUT2D eigenvalue weighted by Gasteiger charge is -2.38. The third-order valence-corrected chi connectivity index (χ3v) is 20.7. The average Bonchev–Trinajstić information content (AvgIpc) is 1.51. The standard InChI is InChI=1S/C24H28N4O4.C19H23N5O3.C16H22N4O2.C14H20N2O2.C10H9ClN2O2.C3H3NO2/c1-3-31-23(29)20-13-26-22-19(11-12-25-22)21(20)27-18-10-9-16(2)28(14-18)24(30)32-15-17-7-5-4-6-8-17;1-3-27-19(26)15-10-22-18-14(7-9-21-18)17(15)23-13-5-4-12(2)24(11-13)16(25)6-8-20;1-3-22-16(21)13-9-19-15-12(6-7-17-15)14(13)20-11-5-4-10(2)18-8-11;1-11-7-8-13(15)9-16(11)14(17)18-10-12-5-3-2-4-6-12;1-2-15-10(14)7-5-13-9-6(8(7)11)3-4-12-9;4-2-1-3(5)6/h4-8,11-13,16,18H,3,9-10,14-15H2,1-2H3,(H2,25,26,27);7,9-10,12-13H,3-6,11H2,1-2H3,(H2,21,22,23);6-7,9-11,18H,3-5,8H2,1-2H3,(H2,17,19,20);2-6,11,13H,7-10,15H2,1H3;3-5H,2H2,1H3,(H,12,13);1H2,(H,5,6)/t16-,18+;12-,13+;10-,11+;11-,13+;;/m0000../s1. The number of pyridine rings is 4. The van der Waals surface area contributed by atoms with Gasteiger partial charge in [0.2, 0.25) is 5.91 Å². The topological polar surface area (TPSA) is 458 Å². The van der Waals surface area contributed by atoms with Gasteiger partial charge in [-0.15, -0.1) is 0 Å². The minimum absolute atomic E-state index is 0.0301. The molecule has 0 aliphatic carbocycles. The van der Waals surface area contributed by atoms with E-state index in [0.29, 0.717) is 107 Å². The van der Waals surface area contributed by atoms with Crippen molar-refractivity contribution in [3.8, 4) is 12.1 Å². The summed E-state index contributed by atoms with van der Waals surface area (Å²) in [6, 6.07) is 31.4. The lowest BCUT2D eigenvalue weighted by molar-refractivity contribution is -0.136. The van der Waals surface area contributed by atoms with E-state index in [1.807, 2.05) is 112 Å². The monoisotopic (exact) mass is 1660 g/mol. The molecule has 3 amide bonds. The Labute approximate surface area is 700 Å². The molecule has 0 radical (unpaired) electrons. The average molecular weight is 1670 g/mol. The van der Waals surface area contributed by atoms with E-state index in [0.717, 1.165) is 102 Å². The van der Waals surface area contributed by atoms with E-state index in [1.165, 1.54) is 24.7 Å². The molecule has 0 unspecified atom stereocenters. The first-order valence-corrected chi connectivity index (χ1v) is 40.5. The van der Waals surface area contributed by atoms with Gasteiger partial charge >= 0.3 is 42.0 Å². The lowest BCUT2D eigenvalue weighted by Crippen LogP contribution is -2.50. The number of aromatic amines is 4. The van der Waals surface area contributed by atoms with E-state index < -0.39 is 30.3 Å². The van der Waals surface area contributed by atoms with Crippen LogP contribution in [0.3, 0.4) is 0 Å². The van der Waals surface area contributed by atoms with Crippen LogP contribution in [0.15, 0.2) is 135 Å². The van der Waals surface area contributed by atoms with Gasteiger partial charge < -0.3 is 95.2 Å². The highest BCUT2D eigenvalue weighted by Gasteiger charge is 2.34. The van der Waals surface area contributed by atoms with Gasteiger partial charge in [-0.25, -0.2) is 48.7 Å². The zero-order valence-electron chi connectivity index (χ0n) is 68.6. The number of carbonyl (C=O) groups excluding carboxylic acids is 7. The number of nitrogens with one attached hydrogen (secondary N) is 8. The molecule has 0 spiro atoms. The molecule has 8 atom stereocenters. The molecule has 33 nitrogen and oxygen atoms in total. The van der Waals surface area contributed by atoms with Crippen LogP contribution in [0, 0.1) is 22.7 Å². The summed E-state index contributed by atoms with van der Waals surface area (Å²) >= 11 is 6.05. The number of hydrogen-bond acceptors (Lipinski definition) is 25. The van der Waals surface area contributed by atoms with Crippen molar-refractivity contribution in [3.05, 3.63) is 173 Å². The summed E-state index contributed by atoms with van der Waals surface area (Å²) in [5.41, 5.74) is 14.3. The number of esters is 4. The number of ether oxygens (including phenoxy) is 6. The van der Waals surface area contributed by atoms with E-state index in [-0.39, 0.29) is 86.6 Å². The number of amides is 3. The number of carboxylic acid groups (broad SMARTS) is 1. The first kappa shape index (κ1) is 91.1. The molecule has 34 heteroatoms. The van der Waals surface area contributed by atoms with Crippen molar-refractivity contribution in [1.29, 1.82) is 10.5 Å². The summed E-state index contributed by atoms with van der Waals surface area (Å²) in [7, 11) is 0. The Hall–Kier alpha value is -12.9. The minimum atomic E-state index is -1.07. The van der Waals surface area contributed by atoms with Gasteiger partial charge in [0.25, 0.3) is 0 Å². The van der Waals surface area contributed by atoms with Crippen LogP contribution in [-0.2, 0) is 51.2 Å². The quantitative estimate of drug-likeness (QED) is 0.0250. The molecule has 636 valence electrons. The van der Waals surface area contributed by atoms with Crippen molar-refractivity contribution < 1.29 is 71.9 Å². The number of aliphatic carboxylic acids is 1. The molecular formula is C86H105ClN18O15. The molecule has 0 saturated carbocycles. The normalized spacial score (nSPS) is 18.5. The van der Waals surface area contributed by atoms with E-state index in [1.54, 1.807) is 73.2 Å². The van der Waals surface area contributed by atoms with Crippen LogP contribution < -0.4 is 27.0 Å². The number of aromatic nitrogens is 8. The van der Waals surface area contributed by atoms with Crippen LogP contribution in [0.2, 0.25) is 5.02 Å². The van der Waals surface area contributed by atoms with E-state index >= 15 is 0 Å². The van der Waals surface area contributed by atoms with Gasteiger partial charge in [-0.05, 0) is 142 Å². The van der Waals surface area contributed by atoms with Crippen LogP contribution >= 0.6 is 11.6 Å². The maximum Gasteiger partial charge on any atom is 0.410 e. The summed E-state index contributed by atoms with van der Waals surface area (Å²) in [5, 5.41) is 41.6. The number of nitrogens with two attached hydrogens (primary N) is 1. The highest BCUT2D eigenvalue weighted by atomic mass is 35.5. The van der Waals surface area contributed by atoms with Crippen LogP contribution in [0.25, 0.3) is 44.1 Å². The number of hydrogen-bond donors (Lipinski definition) is 10. The maximum absolute atomic E-state index is 12.8. The lowest BCUT2D eigenvalue weighted by atomic mass is 9.98. The molecule has 0 bridgehead atoms. The third-order valence-electron chi connectivity index (χ3n) is 20.3. The second kappa shape index (κ2) is 45.8. The highest BCUT2D eigenvalue weighted by molar-refractivity contribution is 6.38. The maximum atomic E-state index is 12.8. The van der Waals surface area contributed by atoms with Crippen molar-refractivity contribution >= 4 is 121 Å². The number of H-pyrrole nitrogens is 4. The van der Waals surface area contributed by atoms with Gasteiger partial charge in [0, 0.05) is 146 Å².